The van der Waals surface area contributed by atoms with Crippen LogP contribution in [-0.4, -0.2) is 34.1 Å². The van der Waals surface area contributed by atoms with Gasteiger partial charge in [0.1, 0.15) is 0 Å². The molecule has 0 rings (SSSR count). The Morgan fingerprint density at radius 2 is 1.25 bits per heavy atom. The molecule has 0 N–H and O–H groups in total. The third-order valence-electron chi connectivity index (χ3n) is 0.439. The van der Waals surface area contributed by atoms with Gasteiger partial charge in [-0.1, -0.05) is 0 Å². The van der Waals surface area contributed by atoms with E-state index in [1.165, 1.54) is 0 Å². The van der Waals surface area contributed by atoms with Crippen molar-refractivity contribution in [3.05, 3.63) is 20.4 Å². The fourth-order valence-corrected chi connectivity index (χ4v) is 7.89. The van der Waals surface area contributed by atoms with Gasteiger partial charge in [-0.25, -0.2) is 0 Å². The Balaban J connectivity index is 2.93. The SMILES string of the molecule is C/C=C\[Te][Te]/C=C\C. The zero-order valence-electron chi connectivity index (χ0n) is 5.13. The number of allylic oxidation sites excluding steroid dienone is 2. The molecule has 0 saturated heterocycles. The van der Waals surface area contributed by atoms with Crippen LogP contribution in [0.3, 0.4) is 0 Å². The first-order valence-corrected chi connectivity index (χ1v) is 12.5. The Kier molecular flexibility index (Phi) is 9.13. The molecule has 0 atom stereocenters. The average Bonchev–Trinajstić information content (AvgIpc) is 1.81. The third kappa shape index (κ3) is 7.06. The monoisotopic (exact) mass is 342 g/mol. The van der Waals surface area contributed by atoms with Crippen LogP contribution in [0.1, 0.15) is 13.8 Å². The van der Waals surface area contributed by atoms with Gasteiger partial charge in [0, 0.05) is 0 Å². The van der Waals surface area contributed by atoms with Gasteiger partial charge in [-0.2, -0.15) is 0 Å². The minimum absolute atomic E-state index is 0.330. The van der Waals surface area contributed by atoms with E-state index in [1.807, 2.05) is 0 Å². The standard InChI is InChI=1S/C6H10Te2/c1-3-5-7-8-6-4-2/h3-6H,1-2H3/b5-3-,6-4-. The number of hydrogen-bond acceptors (Lipinski definition) is 0. The van der Waals surface area contributed by atoms with Crippen LogP contribution in [0.15, 0.2) is 20.4 Å². The van der Waals surface area contributed by atoms with E-state index in [0.717, 1.165) is 0 Å². The zero-order valence-corrected chi connectivity index (χ0v) is 9.79. The van der Waals surface area contributed by atoms with E-state index in [9.17, 15) is 0 Å². The van der Waals surface area contributed by atoms with Crippen LogP contribution in [0, 0.1) is 0 Å². The van der Waals surface area contributed by atoms with Crippen LogP contribution >= 0.6 is 0 Å². The summed E-state index contributed by atoms with van der Waals surface area (Å²) in [6.45, 7) is 4.21. The Hall–Kier alpha value is 1.06. The summed E-state index contributed by atoms with van der Waals surface area (Å²) in [5.41, 5.74) is 0. The first-order chi connectivity index (χ1) is 3.91. The minimum atomic E-state index is 0.330. The van der Waals surface area contributed by atoms with E-state index in [1.54, 1.807) is 0 Å². The van der Waals surface area contributed by atoms with Gasteiger partial charge in [0.2, 0.25) is 0 Å². The second-order valence-electron chi connectivity index (χ2n) is 1.13. The maximum atomic E-state index is 2.37. The molecule has 0 aromatic rings. The summed E-state index contributed by atoms with van der Waals surface area (Å²) in [7, 11) is 0. The van der Waals surface area contributed by atoms with Crippen molar-refractivity contribution in [2.75, 3.05) is 0 Å². The van der Waals surface area contributed by atoms with Gasteiger partial charge in [0.05, 0.1) is 0 Å². The summed E-state index contributed by atoms with van der Waals surface area (Å²) >= 11 is 0.660. The van der Waals surface area contributed by atoms with Gasteiger partial charge in [0.25, 0.3) is 0 Å². The van der Waals surface area contributed by atoms with Crippen LogP contribution in [0.25, 0.3) is 0 Å². The van der Waals surface area contributed by atoms with Gasteiger partial charge in [-0.05, 0) is 0 Å². The summed E-state index contributed by atoms with van der Waals surface area (Å²) in [5, 5.41) is 0. The van der Waals surface area contributed by atoms with Crippen molar-refractivity contribution in [3.63, 3.8) is 0 Å². The normalized spacial score (nSPS) is 11.8. The van der Waals surface area contributed by atoms with Gasteiger partial charge in [-0.15, -0.1) is 0 Å². The first kappa shape index (κ1) is 9.06. The first-order valence-electron chi connectivity index (χ1n) is 2.46. The molecule has 0 nitrogen and oxygen atoms in total. The molecule has 8 heavy (non-hydrogen) atoms. The molecule has 2 heteroatoms. The number of rotatable bonds is 3. The fraction of sp³-hybridized carbons (Fsp3) is 0.333. The van der Waals surface area contributed by atoms with E-state index >= 15 is 0 Å². The molecule has 0 aliphatic carbocycles. The van der Waals surface area contributed by atoms with Crippen LogP contribution in [0.5, 0.6) is 0 Å². The van der Waals surface area contributed by atoms with Crippen molar-refractivity contribution in [3.8, 4) is 0 Å². The van der Waals surface area contributed by atoms with E-state index in [0.29, 0.717) is 34.1 Å². The molecular weight excluding hydrogens is 327 g/mol. The van der Waals surface area contributed by atoms with E-state index in [2.05, 4.69) is 34.2 Å². The molecule has 0 aliphatic heterocycles. The second kappa shape index (κ2) is 8.06. The van der Waals surface area contributed by atoms with Crippen molar-refractivity contribution in [1.82, 2.24) is 0 Å². The molecule has 0 radical (unpaired) electrons. The maximum absolute atomic E-state index is 2.37. The molecule has 0 fully saturated rings. The van der Waals surface area contributed by atoms with Crippen molar-refractivity contribution in [2.45, 2.75) is 13.8 Å². The van der Waals surface area contributed by atoms with Crippen molar-refractivity contribution >= 4 is 34.1 Å². The molecule has 0 heterocycles. The summed E-state index contributed by atoms with van der Waals surface area (Å²) in [6, 6.07) is 0. The third-order valence-corrected chi connectivity index (χ3v) is 9.33. The quantitative estimate of drug-likeness (QED) is 0.539. The van der Waals surface area contributed by atoms with E-state index < -0.39 is 0 Å². The van der Waals surface area contributed by atoms with Gasteiger partial charge >= 0.3 is 68.4 Å². The molecule has 0 aromatic carbocycles. The summed E-state index contributed by atoms with van der Waals surface area (Å²) in [6.07, 6.45) is 4.35. The molecule has 0 saturated carbocycles. The molecular formula is C6H10Te2. The Morgan fingerprint density at radius 1 is 0.875 bits per heavy atom. The van der Waals surface area contributed by atoms with E-state index in [4.69, 9.17) is 0 Å². The second-order valence-corrected chi connectivity index (χ2v) is 11.2. The summed E-state index contributed by atoms with van der Waals surface area (Å²) < 4.78 is 4.74. The van der Waals surface area contributed by atoms with E-state index in [-0.39, 0.29) is 0 Å². The van der Waals surface area contributed by atoms with Crippen molar-refractivity contribution in [1.29, 1.82) is 0 Å². The van der Waals surface area contributed by atoms with Gasteiger partial charge in [-0.3, -0.25) is 0 Å². The molecule has 0 aromatic heterocycles. The molecule has 46 valence electrons. The Bertz CT molecular complexity index is 72.5. The predicted octanol–water partition coefficient (Wildman–Crippen LogP) is 1.38. The van der Waals surface area contributed by atoms with Crippen molar-refractivity contribution in [2.24, 2.45) is 0 Å². The average molecular weight is 337 g/mol. The Morgan fingerprint density at radius 3 is 1.50 bits per heavy atom. The predicted molar refractivity (Wildman–Crippen MR) is 41.1 cm³/mol. The zero-order chi connectivity index (χ0) is 6.24. The molecule has 0 bridgehead atoms. The molecule has 0 spiro atoms. The topological polar surface area (TPSA) is 0 Å². The summed E-state index contributed by atoms with van der Waals surface area (Å²) in [5.74, 6) is 0. The van der Waals surface area contributed by atoms with Crippen LogP contribution in [0.4, 0.5) is 0 Å². The van der Waals surface area contributed by atoms with Crippen LogP contribution < -0.4 is 0 Å². The molecule has 0 aliphatic rings. The van der Waals surface area contributed by atoms with Crippen molar-refractivity contribution < 1.29 is 0 Å². The summed E-state index contributed by atoms with van der Waals surface area (Å²) in [4.78, 5) is 0. The van der Waals surface area contributed by atoms with Crippen LogP contribution in [0.2, 0.25) is 0 Å². The van der Waals surface area contributed by atoms with Gasteiger partial charge < -0.3 is 0 Å². The Labute approximate surface area is 67.8 Å². The fourth-order valence-electron chi connectivity index (χ4n) is 0.175. The number of hydrogen-bond donors (Lipinski definition) is 0. The van der Waals surface area contributed by atoms with Crippen LogP contribution in [-0.2, 0) is 0 Å². The molecule has 0 amide bonds. The molecule has 0 unspecified atom stereocenters. The van der Waals surface area contributed by atoms with Gasteiger partial charge in [0.15, 0.2) is 0 Å².